The van der Waals surface area contributed by atoms with Crippen LogP contribution in [0.5, 0.6) is 0 Å². The summed E-state index contributed by atoms with van der Waals surface area (Å²) in [6, 6.07) is 10.1. The molecule has 1 aromatic heterocycles. The molecule has 0 unspecified atom stereocenters. The number of aryl methyl sites for hydroxylation is 1. The van der Waals surface area contributed by atoms with Crippen LogP contribution in [0, 0.1) is 12.3 Å². The smallest absolute Gasteiger partial charge is 0.245 e. The molecule has 0 fully saturated rings. The molecule has 2 N–H and O–H groups in total. The fraction of sp³-hybridized carbons (Fsp3) is 0.387. The summed E-state index contributed by atoms with van der Waals surface area (Å²) in [6.07, 6.45) is 13.0. The molecule has 1 aromatic carbocycles. The van der Waals surface area contributed by atoms with E-state index in [1.807, 2.05) is 63.6 Å². The third kappa shape index (κ3) is 8.70. The number of allylic oxidation sites excluding steroid dienone is 4. The van der Waals surface area contributed by atoms with Gasteiger partial charge >= 0.3 is 0 Å². The second-order valence-electron chi connectivity index (χ2n) is 10.8. The number of benzene rings is 1. The lowest BCUT2D eigenvalue weighted by atomic mass is 9.96. The lowest BCUT2D eigenvalue weighted by Gasteiger charge is -2.21. The van der Waals surface area contributed by atoms with Gasteiger partial charge in [0.1, 0.15) is 11.6 Å². The van der Waals surface area contributed by atoms with Crippen LogP contribution in [-0.2, 0) is 11.4 Å². The van der Waals surface area contributed by atoms with Gasteiger partial charge in [0, 0.05) is 45.3 Å². The fourth-order valence-electron chi connectivity index (χ4n) is 3.92. The third-order valence-corrected chi connectivity index (χ3v) is 6.40. The molecule has 38 heavy (non-hydrogen) atoms. The minimum atomic E-state index is -0.00374. The largest absolute Gasteiger partial charge is 0.392 e. The van der Waals surface area contributed by atoms with Crippen molar-refractivity contribution in [1.82, 2.24) is 9.88 Å². The molecule has 0 spiro atoms. The van der Waals surface area contributed by atoms with Crippen molar-refractivity contribution in [2.24, 2.45) is 10.4 Å². The molecule has 2 heterocycles. The lowest BCUT2D eigenvalue weighted by molar-refractivity contribution is -0.124. The molecule has 0 atom stereocenters. The van der Waals surface area contributed by atoms with Crippen molar-refractivity contribution in [2.45, 2.75) is 47.1 Å². The summed E-state index contributed by atoms with van der Waals surface area (Å²) in [5.41, 5.74) is 5.05. The van der Waals surface area contributed by atoms with Crippen LogP contribution in [0.2, 0.25) is 0 Å². The van der Waals surface area contributed by atoms with E-state index in [9.17, 15) is 9.90 Å². The van der Waals surface area contributed by atoms with Crippen molar-refractivity contribution in [1.29, 1.82) is 0 Å². The van der Waals surface area contributed by atoms with E-state index in [1.54, 1.807) is 17.2 Å². The maximum absolute atomic E-state index is 12.3. The van der Waals surface area contributed by atoms with E-state index in [2.05, 4.69) is 53.1 Å². The van der Waals surface area contributed by atoms with Crippen LogP contribution in [-0.4, -0.2) is 54.3 Å². The summed E-state index contributed by atoms with van der Waals surface area (Å²) in [7, 11) is 3.86. The van der Waals surface area contributed by atoms with Gasteiger partial charge in [-0.2, -0.15) is 0 Å². The molecule has 0 saturated heterocycles. The van der Waals surface area contributed by atoms with Crippen molar-refractivity contribution >= 4 is 29.2 Å². The van der Waals surface area contributed by atoms with Crippen molar-refractivity contribution in [2.75, 3.05) is 37.4 Å². The highest BCUT2D eigenvalue weighted by atomic mass is 16.3. The number of nitrogens with one attached hydrogen (secondary N) is 1. The minimum Gasteiger partial charge on any atom is -0.392 e. The molecule has 0 aliphatic carbocycles. The van der Waals surface area contributed by atoms with Crippen LogP contribution in [0.15, 0.2) is 71.6 Å². The van der Waals surface area contributed by atoms with E-state index >= 15 is 0 Å². The number of aliphatic hydroxyl groups is 1. The maximum atomic E-state index is 12.3. The molecule has 1 amide bonds. The number of hydrogen-bond donors (Lipinski definition) is 2. The van der Waals surface area contributed by atoms with Crippen LogP contribution in [0.25, 0.3) is 5.57 Å². The molecule has 7 nitrogen and oxygen atoms in total. The molecular formula is C31H41N5O2. The minimum absolute atomic E-state index is 0.00374. The van der Waals surface area contributed by atoms with Gasteiger partial charge in [-0.1, -0.05) is 32.9 Å². The first-order chi connectivity index (χ1) is 18.1. The zero-order chi connectivity index (χ0) is 27.7. The topological polar surface area (TPSA) is 81.1 Å². The molecule has 7 heteroatoms. The summed E-state index contributed by atoms with van der Waals surface area (Å²) in [5, 5.41) is 12.9. The van der Waals surface area contributed by atoms with Crippen molar-refractivity contribution in [3.05, 3.63) is 83.3 Å². The van der Waals surface area contributed by atoms with Crippen LogP contribution in [0.4, 0.5) is 11.5 Å². The van der Waals surface area contributed by atoms with E-state index in [1.165, 1.54) is 0 Å². The Balaban J connectivity index is 1.52. The van der Waals surface area contributed by atoms with E-state index in [0.717, 1.165) is 59.0 Å². The Bertz CT molecular complexity index is 1220. The number of carbonyl (C=O) groups is 1. The lowest BCUT2D eigenvalue weighted by Crippen LogP contribution is -2.29. The van der Waals surface area contributed by atoms with E-state index < -0.39 is 0 Å². The molecule has 0 saturated carbocycles. The Morgan fingerprint density at radius 1 is 1.16 bits per heavy atom. The molecule has 2 aromatic rings. The van der Waals surface area contributed by atoms with Crippen molar-refractivity contribution in [3.63, 3.8) is 0 Å². The number of rotatable bonds is 10. The molecule has 3 rings (SSSR count). The molecule has 1 aliphatic heterocycles. The van der Waals surface area contributed by atoms with E-state index in [4.69, 9.17) is 0 Å². The maximum Gasteiger partial charge on any atom is 0.245 e. The SMILES string of the molecule is Cc1ccc(NC2=CCC(c3ccc(N(C)CCCN(C)C(=O)/C=C\C(C)(C)C)nc3)=CC=N2)cc1CO. The highest BCUT2D eigenvalue weighted by Crippen LogP contribution is 2.24. The number of amides is 1. The predicted molar refractivity (Wildman–Crippen MR) is 158 cm³/mol. The summed E-state index contributed by atoms with van der Waals surface area (Å²) >= 11 is 0. The van der Waals surface area contributed by atoms with Gasteiger partial charge in [0.15, 0.2) is 0 Å². The van der Waals surface area contributed by atoms with Crippen molar-refractivity contribution < 1.29 is 9.90 Å². The summed E-state index contributed by atoms with van der Waals surface area (Å²) < 4.78 is 0. The van der Waals surface area contributed by atoms with Crippen molar-refractivity contribution in [3.8, 4) is 0 Å². The van der Waals surface area contributed by atoms with Gasteiger partial charge in [-0.05, 0) is 89.9 Å². The summed E-state index contributed by atoms with van der Waals surface area (Å²) in [4.78, 5) is 25.4. The Hall–Kier alpha value is -3.71. The number of nitrogens with zero attached hydrogens (tertiary/aromatic N) is 4. The molecule has 1 aliphatic rings. The fourth-order valence-corrected chi connectivity index (χ4v) is 3.92. The van der Waals surface area contributed by atoms with E-state index in [-0.39, 0.29) is 17.9 Å². The second kappa shape index (κ2) is 13.2. The van der Waals surface area contributed by atoms with Crippen LogP contribution in [0.3, 0.4) is 0 Å². The van der Waals surface area contributed by atoms with Gasteiger partial charge in [-0.25, -0.2) is 9.98 Å². The number of likely N-dealkylation sites (N-methyl/N-ethyl adjacent to an activating group) is 1. The zero-order valence-corrected chi connectivity index (χ0v) is 23.5. The van der Waals surface area contributed by atoms with Crippen LogP contribution < -0.4 is 10.2 Å². The first kappa shape index (κ1) is 28.9. The van der Waals surface area contributed by atoms with E-state index in [0.29, 0.717) is 6.54 Å². The normalized spacial score (nSPS) is 13.7. The highest BCUT2D eigenvalue weighted by molar-refractivity contribution is 5.87. The Morgan fingerprint density at radius 3 is 2.63 bits per heavy atom. The quantitative estimate of drug-likeness (QED) is 0.404. The number of aliphatic hydroxyl groups excluding tert-OH is 1. The number of anilines is 2. The van der Waals surface area contributed by atoms with Gasteiger partial charge in [0.2, 0.25) is 5.91 Å². The van der Waals surface area contributed by atoms with Gasteiger partial charge < -0.3 is 20.2 Å². The summed E-state index contributed by atoms with van der Waals surface area (Å²) in [6.45, 7) is 9.73. The van der Waals surface area contributed by atoms with Gasteiger partial charge in [0.05, 0.1) is 6.61 Å². The standard InChI is InChI=1S/C31H41N5O2/c1-23-8-11-27(20-26(23)22-37)34-28-12-9-24(15-17-32-28)25-10-13-29(33-21-25)35(5)18-7-19-36(6)30(38)14-16-31(2,3)4/h8,10-17,20-21,34,37H,7,9,18-19,22H2,1-6H3/b16-14-. The first-order valence-corrected chi connectivity index (χ1v) is 13.1. The Morgan fingerprint density at radius 2 is 1.95 bits per heavy atom. The predicted octanol–water partition coefficient (Wildman–Crippen LogP) is 5.58. The molecule has 0 bridgehead atoms. The average Bonchev–Trinajstić information content (AvgIpc) is 3.13. The first-order valence-electron chi connectivity index (χ1n) is 13.1. The Kier molecular flexibility index (Phi) is 10.0. The number of pyridine rings is 1. The van der Waals surface area contributed by atoms with Gasteiger partial charge in [0.25, 0.3) is 0 Å². The molecule has 202 valence electrons. The summed E-state index contributed by atoms with van der Waals surface area (Å²) in [5.74, 6) is 1.70. The molecule has 0 radical (unpaired) electrons. The average molecular weight is 516 g/mol. The third-order valence-electron chi connectivity index (χ3n) is 6.40. The zero-order valence-electron chi connectivity index (χ0n) is 23.5. The number of carbonyl (C=O) groups excluding carboxylic acids is 1. The second-order valence-corrected chi connectivity index (χ2v) is 10.8. The van der Waals surface area contributed by atoms with Crippen LogP contribution in [0.1, 0.15) is 50.3 Å². The van der Waals surface area contributed by atoms with Gasteiger partial charge in [-0.3, -0.25) is 4.79 Å². The monoisotopic (exact) mass is 515 g/mol. The number of aliphatic imine (C=N–C) groups is 1. The molecular weight excluding hydrogens is 474 g/mol. The number of aromatic nitrogens is 1. The number of hydrogen-bond acceptors (Lipinski definition) is 6. The highest BCUT2D eigenvalue weighted by Gasteiger charge is 2.11. The Labute approximate surface area is 227 Å². The van der Waals surface area contributed by atoms with Crippen LogP contribution >= 0.6 is 0 Å². The van der Waals surface area contributed by atoms with Gasteiger partial charge in [-0.15, -0.1) is 0 Å².